The molecule has 1 atom stereocenters. The Bertz CT molecular complexity index is 592. The lowest BCUT2D eigenvalue weighted by Gasteiger charge is -2.34. The van der Waals surface area contributed by atoms with E-state index in [-0.39, 0.29) is 6.04 Å². The minimum absolute atomic E-state index is 0.122. The van der Waals surface area contributed by atoms with Gasteiger partial charge in [0.05, 0.1) is 5.52 Å². The number of hydrogen-bond acceptors (Lipinski definition) is 2. The Morgan fingerprint density at radius 2 is 1.67 bits per heavy atom. The Labute approximate surface area is 127 Å². The molecule has 0 spiro atoms. The normalized spacial score (nSPS) is 24.4. The van der Waals surface area contributed by atoms with Gasteiger partial charge in [-0.3, -0.25) is 4.98 Å². The molecule has 1 heterocycles. The van der Waals surface area contributed by atoms with Crippen LogP contribution in [0.25, 0.3) is 10.9 Å². The molecule has 2 nitrogen and oxygen atoms in total. The molecule has 1 aromatic carbocycles. The van der Waals surface area contributed by atoms with Gasteiger partial charge in [0.1, 0.15) is 0 Å². The summed E-state index contributed by atoms with van der Waals surface area (Å²) >= 11 is 0. The first-order valence-electron chi connectivity index (χ1n) is 8.26. The van der Waals surface area contributed by atoms with Crippen LogP contribution >= 0.6 is 0 Å². The van der Waals surface area contributed by atoms with Gasteiger partial charge in [-0.25, -0.2) is 0 Å². The van der Waals surface area contributed by atoms with Crippen LogP contribution in [0.3, 0.4) is 0 Å². The summed E-state index contributed by atoms with van der Waals surface area (Å²) in [4.78, 5) is 4.56. The van der Waals surface area contributed by atoms with Crippen LogP contribution in [0.4, 0.5) is 0 Å². The van der Waals surface area contributed by atoms with Crippen LogP contribution in [0.5, 0.6) is 0 Å². The number of nitrogens with zero attached hydrogens (tertiary/aromatic N) is 1. The smallest absolute Gasteiger partial charge is 0.0749 e. The van der Waals surface area contributed by atoms with E-state index in [0.717, 1.165) is 17.4 Å². The largest absolute Gasteiger partial charge is 0.324 e. The first-order valence-corrected chi connectivity index (χ1v) is 8.26. The fraction of sp³-hybridized carbons (Fsp3) is 0.526. The predicted octanol–water partition coefficient (Wildman–Crippen LogP) is 4.70. The molecule has 2 heteroatoms. The van der Waals surface area contributed by atoms with E-state index in [2.05, 4.69) is 43.1 Å². The van der Waals surface area contributed by atoms with Crippen molar-refractivity contribution in [1.29, 1.82) is 0 Å². The second-order valence-corrected chi connectivity index (χ2v) is 6.87. The van der Waals surface area contributed by atoms with Gasteiger partial charge in [0.2, 0.25) is 0 Å². The van der Waals surface area contributed by atoms with E-state index in [1.54, 1.807) is 0 Å². The summed E-state index contributed by atoms with van der Waals surface area (Å²) in [5.41, 5.74) is 8.92. The monoisotopic (exact) mass is 282 g/mol. The lowest BCUT2D eigenvalue weighted by molar-refractivity contribution is 0.204. The van der Waals surface area contributed by atoms with Crippen LogP contribution in [-0.2, 0) is 0 Å². The van der Waals surface area contributed by atoms with Crippen LogP contribution in [0, 0.1) is 17.8 Å². The highest BCUT2D eigenvalue weighted by atomic mass is 14.7. The number of pyridine rings is 1. The molecule has 1 saturated carbocycles. The minimum atomic E-state index is 0.122. The molecule has 0 bridgehead atoms. The van der Waals surface area contributed by atoms with Crippen molar-refractivity contribution in [3.05, 3.63) is 42.1 Å². The SMILES string of the molecule is CC(C)C1CCC(C(N)c2cccc3cccnc23)CC1. The number of fused-ring (bicyclic) bond motifs is 1. The average molecular weight is 282 g/mol. The molecule has 21 heavy (non-hydrogen) atoms. The molecule has 1 aliphatic rings. The highest BCUT2D eigenvalue weighted by Gasteiger charge is 2.28. The zero-order valence-electron chi connectivity index (χ0n) is 13.1. The van der Waals surface area contributed by atoms with Crippen molar-refractivity contribution < 1.29 is 0 Å². The van der Waals surface area contributed by atoms with Gasteiger partial charge >= 0.3 is 0 Å². The van der Waals surface area contributed by atoms with E-state index in [1.165, 1.54) is 36.6 Å². The zero-order chi connectivity index (χ0) is 14.8. The van der Waals surface area contributed by atoms with E-state index in [1.807, 2.05) is 12.3 Å². The third kappa shape index (κ3) is 2.96. The highest BCUT2D eigenvalue weighted by molar-refractivity contribution is 5.82. The molecule has 112 valence electrons. The molecule has 0 aliphatic heterocycles. The molecule has 2 aromatic rings. The van der Waals surface area contributed by atoms with E-state index < -0.39 is 0 Å². The van der Waals surface area contributed by atoms with Gasteiger partial charge in [0.25, 0.3) is 0 Å². The third-order valence-electron chi connectivity index (χ3n) is 5.29. The molecule has 0 amide bonds. The average Bonchev–Trinajstić information content (AvgIpc) is 2.53. The Kier molecular flexibility index (Phi) is 4.25. The van der Waals surface area contributed by atoms with Crippen molar-refractivity contribution in [2.75, 3.05) is 0 Å². The number of aromatic nitrogens is 1. The molecule has 1 aromatic heterocycles. The molecular weight excluding hydrogens is 256 g/mol. The molecule has 0 saturated heterocycles. The van der Waals surface area contributed by atoms with Crippen LogP contribution in [-0.4, -0.2) is 4.98 Å². The Balaban J connectivity index is 1.80. The summed E-state index contributed by atoms with van der Waals surface area (Å²) in [6.45, 7) is 4.69. The Hall–Kier alpha value is -1.41. The summed E-state index contributed by atoms with van der Waals surface area (Å²) in [5, 5.41) is 1.20. The van der Waals surface area contributed by atoms with Crippen LogP contribution in [0.2, 0.25) is 0 Å². The molecular formula is C19H26N2. The first-order chi connectivity index (χ1) is 10.2. The minimum Gasteiger partial charge on any atom is -0.324 e. The standard InChI is InChI=1S/C19H26N2/c1-13(2)14-8-10-15(11-9-14)18(20)17-7-3-5-16-6-4-12-21-19(16)17/h3-7,12-15,18H,8-11,20H2,1-2H3. The van der Waals surface area contributed by atoms with Crippen LogP contribution in [0.15, 0.2) is 36.5 Å². The molecule has 2 N–H and O–H groups in total. The van der Waals surface area contributed by atoms with Gasteiger partial charge in [0, 0.05) is 17.6 Å². The van der Waals surface area contributed by atoms with E-state index in [4.69, 9.17) is 5.73 Å². The van der Waals surface area contributed by atoms with Crippen molar-refractivity contribution in [3.8, 4) is 0 Å². The second-order valence-electron chi connectivity index (χ2n) is 6.87. The maximum absolute atomic E-state index is 6.62. The van der Waals surface area contributed by atoms with Crippen molar-refractivity contribution in [2.45, 2.75) is 45.6 Å². The van der Waals surface area contributed by atoms with Crippen molar-refractivity contribution in [1.82, 2.24) is 4.98 Å². The van der Waals surface area contributed by atoms with Gasteiger partial charge in [-0.15, -0.1) is 0 Å². The topological polar surface area (TPSA) is 38.9 Å². The quantitative estimate of drug-likeness (QED) is 0.886. The fourth-order valence-electron chi connectivity index (χ4n) is 3.82. The van der Waals surface area contributed by atoms with Gasteiger partial charge in [-0.2, -0.15) is 0 Å². The van der Waals surface area contributed by atoms with Crippen molar-refractivity contribution >= 4 is 10.9 Å². The van der Waals surface area contributed by atoms with Crippen molar-refractivity contribution in [2.24, 2.45) is 23.5 Å². The maximum Gasteiger partial charge on any atom is 0.0749 e. The maximum atomic E-state index is 6.62. The summed E-state index contributed by atoms with van der Waals surface area (Å²) in [6, 6.07) is 10.6. The number of rotatable bonds is 3. The van der Waals surface area contributed by atoms with Gasteiger partial charge in [-0.05, 0) is 55.1 Å². The first kappa shape index (κ1) is 14.5. The van der Waals surface area contributed by atoms with Gasteiger partial charge in [-0.1, -0.05) is 38.1 Å². The number of hydrogen-bond donors (Lipinski definition) is 1. The Morgan fingerprint density at radius 1 is 1.00 bits per heavy atom. The molecule has 1 fully saturated rings. The van der Waals surface area contributed by atoms with Crippen LogP contribution in [0.1, 0.15) is 51.1 Å². The third-order valence-corrected chi connectivity index (χ3v) is 5.29. The predicted molar refractivity (Wildman–Crippen MR) is 89.0 cm³/mol. The van der Waals surface area contributed by atoms with E-state index in [0.29, 0.717) is 5.92 Å². The van der Waals surface area contributed by atoms with E-state index >= 15 is 0 Å². The second kappa shape index (κ2) is 6.15. The molecule has 3 rings (SSSR count). The number of benzene rings is 1. The zero-order valence-corrected chi connectivity index (χ0v) is 13.1. The van der Waals surface area contributed by atoms with Crippen LogP contribution < -0.4 is 5.73 Å². The van der Waals surface area contributed by atoms with Crippen molar-refractivity contribution in [3.63, 3.8) is 0 Å². The summed E-state index contributed by atoms with van der Waals surface area (Å²) in [7, 11) is 0. The Morgan fingerprint density at radius 3 is 2.38 bits per heavy atom. The molecule has 1 aliphatic carbocycles. The lowest BCUT2D eigenvalue weighted by atomic mass is 9.73. The number of para-hydroxylation sites is 1. The fourth-order valence-corrected chi connectivity index (χ4v) is 3.82. The molecule has 0 radical (unpaired) electrons. The highest BCUT2D eigenvalue weighted by Crippen LogP contribution is 2.39. The summed E-state index contributed by atoms with van der Waals surface area (Å²) in [6.07, 6.45) is 7.04. The van der Waals surface area contributed by atoms with E-state index in [9.17, 15) is 0 Å². The number of nitrogens with two attached hydrogens (primary N) is 1. The summed E-state index contributed by atoms with van der Waals surface area (Å²) < 4.78 is 0. The lowest BCUT2D eigenvalue weighted by Crippen LogP contribution is -2.27. The summed E-state index contributed by atoms with van der Waals surface area (Å²) in [5.74, 6) is 2.30. The molecule has 1 unspecified atom stereocenters. The van der Waals surface area contributed by atoms with Gasteiger partial charge in [0.15, 0.2) is 0 Å². The van der Waals surface area contributed by atoms with Gasteiger partial charge < -0.3 is 5.73 Å².